The maximum Gasteiger partial charge on any atom is 0.171 e. The molecule has 0 aliphatic carbocycles. The monoisotopic (exact) mass is 196 g/mol. The van der Waals surface area contributed by atoms with Gasteiger partial charge in [-0.15, -0.1) is 0 Å². The number of hydrogen-bond acceptors (Lipinski definition) is 2. The lowest BCUT2D eigenvalue weighted by Gasteiger charge is -1.92. The summed E-state index contributed by atoms with van der Waals surface area (Å²) in [5.41, 5.74) is 0.902. The van der Waals surface area contributed by atoms with Crippen LogP contribution in [0, 0.1) is 0 Å². The molecule has 1 aromatic carbocycles. The van der Waals surface area contributed by atoms with Gasteiger partial charge in [-0.25, -0.2) is 8.42 Å². The van der Waals surface area contributed by atoms with Crippen LogP contribution in [-0.4, -0.2) is 14.2 Å². The van der Waals surface area contributed by atoms with E-state index >= 15 is 0 Å². The normalized spacial score (nSPS) is 12.1. The van der Waals surface area contributed by atoms with Crippen molar-refractivity contribution in [3.8, 4) is 0 Å². The van der Waals surface area contributed by atoms with Gasteiger partial charge in [-0.1, -0.05) is 37.3 Å². The molecule has 0 heterocycles. The van der Waals surface area contributed by atoms with E-state index in [1.54, 1.807) is 13.0 Å². The van der Waals surface area contributed by atoms with E-state index in [9.17, 15) is 8.42 Å². The Balaban J connectivity index is 2.82. The van der Waals surface area contributed by atoms with E-state index in [2.05, 4.69) is 0 Å². The van der Waals surface area contributed by atoms with Crippen LogP contribution >= 0.6 is 0 Å². The second-order valence-electron chi connectivity index (χ2n) is 2.66. The standard InChI is InChI=1S/C10H12O2S/c1-2-13(11,12)9-8-10-6-4-3-5-7-10/h3-9H,2H2,1H3/b9-8-. The van der Waals surface area contributed by atoms with E-state index < -0.39 is 9.84 Å². The van der Waals surface area contributed by atoms with Crippen LogP contribution in [0.15, 0.2) is 35.7 Å². The maximum atomic E-state index is 11.1. The third kappa shape index (κ3) is 3.42. The predicted octanol–water partition coefficient (Wildman–Crippen LogP) is 2.09. The fraction of sp³-hybridized carbons (Fsp3) is 0.200. The molecule has 0 atom stereocenters. The van der Waals surface area contributed by atoms with Gasteiger partial charge in [0.2, 0.25) is 0 Å². The van der Waals surface area contributed by atoms with E-state index in [1.165, 1.54) is 5.41 Å². The Hall–Kier alpha value is -1.09. The van der Waals surface area contributed by atoms with Crippen LogP contribution in [0.4, 0.5) is 0 Å². The molecule has 0 bridgehead atoms. The average Bonchev–Trinajstić information content (AvgIpc) is 2.17. The summed E-state index contributed by atoms with van der Waals surface area (Å²) in [4.78, 5) is 0. The summed E-state index contributed by atoms with van der Waals surface area (Å²) in [6.07, 6.45) is 1.61. The van der Waals surface area contributed by atoms with Crippen molar-refractivity contribution in [2.45, 2.75) is 6.92 Å². The average molecular weight is 196 g/mol. The third-order valence-corrected chi connectivity index (χ3v) is 3.03. The minimum absolute atomic E-state index is 0.149. The molecule has 2 nitrogen and oxygen atoms in total. The van der Waals surface area contributed by atoms with Gasteiger partial charge in [-0.2, -0.15) is 0 Å². The molecule has 0 aliphatic rings. The zero-order valence-electron chi connectivity index (χ0n) is 7.47. The fourth-order valence-corrected chi connectivity index (χ4v) is 1.40. The van der Waals surface area contributed by atoms with Crippen LogP contribution in [0.1, 0.15) is 12.5 Å². The molecule has 70 valence electrons. The first-order valence-electron chi connectivity index (χ1n) is 4.10. The Bertz CT molecular complexity index is 377. The van der Waals surface area contributed by atoms with Crippen molar-refractivity contribution in [1.29, 1.82) is 0 Å². The highest BCUT2D eigenvalue weighted by atomic mass is 32.2. The molecule has 3 heteroatoms. The predicted molar refractivity (Wildman–Crippen MR) is 54.9 cm³/mol. The summed E-state index contributed by atoms with van der Waals surface area (Å²) in [5.74, 6) is 0.149. The Morgan fingerprint density at radius 1 is 1.23 bits per heavy atom. The van der Waals surface area contributed by atoms with Gasteiger partial charge in [0.1, 0.15) is 0 Å². The molecule has 0 aliphatic heterocycles. The first-order valence-corrected chi connectivity index (χ1v) is 5.81. The van der Waals surface area contributed by atoms with E-state index in [-0.39, 0.29) is 5.75 Å². The van der Waals surface area contributed by atoms with Crippen LogP contribution in [0.3, 0.4) is 0 Å². The zero-order chi connectivity index (χ0) is 9.73. The fourth-order valence-electron chi connectivity index (χ4n) is 0.843. The van der Waals surface area contributed by atoms with Gasteiger partial charge < -0.3 is 0 Å². The van der Waals surface area contributed by atoms with Crippen LogP contribution < -0.4 is 0 Å². The summed E-state index contributed by atoms with van der Waals surface area (Å²) >= 11 is 0. The van der Waals surface area contributed by atoms with Crippen molar-refractivity contribution >= 4 is 15.9 Å². The molecule has 0 radical (unpaired) electrons. The van der Waals surface area contributed by atoms with Gasteiger partial charge in [0, 0.05) is 5.41 Å². The van der Waals surface area contributed by atoms with Crippen molar-refractivity contribution in [3.05, 3.63) is 41.3 Å². The van der Waals surface area contributed by atoms with Crippen molar-refractivity contribution in [1.82, 2.24) is 0 Å². The lowest BCUT2D eigenvalue weighted by atomic mass is 10.2. The highest BCUT2D eigenvalue weighted by Gasteiger charge is 1.99. The first-order chi connectivity index (χ1) is 6.14. The summed E-state index contributed by atoms with van der Waals surface area (Å²) in [6, 6.07) is 9.37. The third-order valence-electron chi connectivity index (χ3n) is 1.67. The van der Waals surface area contributed by atoms with Crippen molar-refractivity contribution in [3.63, 3.8) is 0 Å². The molecule has 0 N–H and O–H groups in total. The quantitative estimate of drug-likeness (QED) is 0.741. The van der Waals surface area contributed by atoms with E-state index in [1.807, 2.05) is 30.3 Å². The smallest absolute Gasteiger partial charge is 0.171 e. The summed E-state index contributed by atoms with van der Waals surface area (Å²) in [5, 5.41) is 1.25. The Morgan fingerprint density at radius 3 is 2.38 bits per heavy atom. The van der Waals surface area contributed by atoms with Crippen LogP contribution in [0.5, 0.6) is 0 Å². The minimum Gasteiger partial charge on any atom is -0.224 e. The summed E-state index contributed by atoms with van der Waals surface area (Å²) < 4.78 is 22.2. The van der Waals surface area contributed by atoms with Crippen LogP contribution in [0.25, 0.3) is 6.08 Å². The van der Waals surface area contributed by atoms with Gasteiger partial charge in [0.05, 0.1) is 5.75 Å². The van der Waals surface area contributed by atoms with E-state index in [0.717, 1.165) is 5.56 Å². The van der Waals surface area contributed by atoms with Crippen molar-refractivity contribution < 1.29 is 8.42 Å². The molecule has 0 saturated carbocycles. The maximum absolute atomic E-state index is 11.1. The van der Waals surface area contributed by atoms with Crippen molar-refractivity contribution in [2.24, 2.45) is 0 Å². The van der Waals surface area contributed by atoms with Gasteiger partial charge in [0.15, 0.2) is 9.84 Å². The van der Waals surface area contributed by atoms with Crippen LogP contribution in [0.2, 0.25) is 0 Å². The van der Waals surface area contributed by atoms with Crippen molar-refractivity contribution in [2.75, 3.05) is 5.75 Å². The molecule has 0 amide bonds. The number of benzene rings is 1. The SMILES string of the molecule is CCS(=O)(=O)/C=C\c1ccccc1. The van der Waals surface area contributed by atoms with Gasteiger partial charge >= 0.3 is 0 Å². The molecule has 0 spiro atoms. The Morgan fingerprint density at radius 2 is 1.85 bits per heavy atom. The zero-order valence-corrected chi connectivity index (χ0v) is 8.29. The number of hydrogen-bond donors (Lipinski definition) is 0. The Kier molecular flexibility index (Phi) is 3.25. The molecule has 0 saturated heterocycles. The second-order valence-corrected chi connectivity index (χ2v) is 4.84. The second kappa shape index (κ2) is 4.23. The molecule has 13 heavy (non-hydrogen) atoms. The van der Waals surface area contributed by atoms with Gasteiger partial charge in [-0.3, -0.25) is 0 Å². The highest BCUT2D eigenvalue weighted by molar-refractivity contribution is 7.94. The molecule has 1 rings (SSSR count). The molecule has 0 fully saturated rings. The molecular formula is C10H12O2S. The Labute approximate surface area is 78.8 Å². The van der Waals surface area contributed by atoms with Gasteiger partial charge in [0.25, 0.3) is 0 Å². The van der Waals surface area contributed by atoms with E-state index in [4.69, 9.17) is 0 Å². The molecule has 0 aromatic heterocycles. The number of sulfone groups is 1. The molecule has 0 unspecified atom stereocenters. The molecular weight excluding hydrogens is 184 g/mol. The topological polar surface area (TPSA) is 34.1 Å². The highest BCUT2D eigenvalue weighted by Crippen LogP contribution is 2.03. The first kappa shape index (κ1) is 9.99. The van der Waals surface area contributed by atoms with Crippen LogP contribution in [-0.2, 0) is 9.84 Å². The lowest BCUT2D eigenvalue weighted by molar-refractivity contribution is 0.606. The minimum atomic E-state index is -3.00. The molecule has 1 aromatic rings. The largest absolute Gasteiger partial charge is 0.224 e. The lowest BCUT2D eigenvalue weighted by Crippen LogP contribution is -1.96. The summed E-state index contributed by atoms with van der Waals surface area (Å²) in [7, 11) is -3.00. The van der Waals surface area contributed by atoms with E-state index in [0.29, 0.717) is 0 Å². The number of rotatable bonds is 3. The summed E-state index contributed by atoms with van der Waals surface area (Å²) in [6.45, 7) is 1.63. The van der Waals surface area contributed by atoms with Gasteiger partial charge in [-0.05, 0) is 11.6 Å².